The van der Waals surface area contributed by atoms with Crippen LogP contribution < -0.4 is 10.2 Å². The molecule has 1 aliphatic rings. The second-order valence-electron chi connectivity index (χ2n) is 8.17. The molecular formula is C23H29N5O2S. The van der Waals surface area contributed by atoms with Crippen molar-refractivity contribution in [2.24, 2.45) is 5.92 Å². The molecule has 2 aromatic heterocycles. The lowest BCUT2D eigenvalue weighted by atomic mass is 10.00. The van der Waals surface area contributed by atoms with E-state index >= 15 is 0 Å². The molecule has 0 saturated carbocycles. The molecule has 1 N–H and O–H groups in total. The molecule has 1 aromatic carbocycles. The van der Waals surface area contributed by atoms with Gasteiger partial charge in [-0.1, -0.05) is 48.5 Å². The summed E-state index contributed by atoms with van der Waals surface area (Å²) < 4.78 is 7.62. The lowest BCUT2D eigenvalue weighted by molar-refractivity contribution is -0.118. The molecule has 0 bridgehead atoms. The zero-order chi connectivity index (χ0) is 21.6. The highest BCUT2D eigenvalue weighted by atomic mass is 32.2. The van der Waals surface area contributed by atoms with Crippen molar-refractivity contribution in [3.8, 4) is 0 Å². The highest BCUT2D eigenvalue weighted by Gasteiger charge is 2.23. The number of amides is 1. The lowest BCUT2D eigenvalue weighted by Crippen LogP contribution is -2.35. The number of carbonyl (C=O) groups excluding carboxylic acids is 1. The predicted octanol–water partition coefficient (Wildman–Crippen LogP) is 3.87. The van der Waals surface area contributed by atoms with E-state index in [-0.39, 0.29) is 5.91 Å². The third kappa shape index (κ3) is 5.70. The first-order valence-corrected chi connectivity index (χ1v) is 11.7. The Balaban J connectivity index is 1.40. The maximum atomic E-state index is 12.4. The zero-order valence-corrected chi connectivity index (χ0v) is 18.9. The van der Waals surface area contributed by atoms with E-state index in [0.29, 0.717) is 18.8 Å². The smallest absolute Gasteiger partial charge is 0.230 e. The van der Waals surface area contributed by atoms with Gasteiger partial charge in [0.25, 0.3) is 0 Å². The van der Waals surface area contributed by atoms with Gasteiger partial charge in [0.15, 0.2) is 5.16 Å². The van der Waals surface area contributed by atoms with Crippen LogP contribution in [0.2, 0.25) is 0 Å². The summed E-state index contributed by atoms with van der Waals surface area (Å²) in [5.74, 6) is 2.71. The molecule has 1 aliphatic heterocycles. The molecule has 3 aromatic rings. The largest absolute Gasteiger partial charge is 0.467 e. The van der Waals surface area contributed by atoms with Crippen molar-refractivity contribution in [1.82, 2.24) is 20.1 Å². The van der Waals surface area contributed by atoms with Crippen LogP contribution in [-0.4, -0.2) is 39.5 Å². The molecule has 1 saturated heterocycles. The van der Waals surface area contributed by atoms with Crippen LogP contribution >= 0.6 is 11.8 Å². The molecule has 31 heavy (non-hydrogen) atoms. The Bertz CT molecular complexity index is 976. The number of hydrogen-bond donors (Lipinski definition) is 1. The van der Waals surface area contributed by atoms with Crippen LogP contribution in [0, 0.1) is 12.8 Å². The van der Waals surface area contributed by atoms with Crippen molar-refractivity contribution in [2.75, 3.05) is 23.7 Å². The fourth-order valence-electron chi connectivity index (χ4n) is 3.61. The second kappa shape index (κ2) is 10.0. The molecule has 0 radical (unpaired) electrons. The summed E-state index contributed by atoms with van der Waals surface area (Å²) in [7, 11) is 0. The van der Waals surface area contributed by atoms with Crippen LogP contribution in [0.5, 0.6) is 0 Å². The summed E-state index contributed by atoms with van der Waals surface area (Å²) in [6.07, 6.45) is 3.97. The molecule has 0 spiro atoms. The summed E-state index contributed by atoms with van der Waals surface area (Å²) in [5, 5.41) is 12.6. The monoisotopic (exact) mass is 439 g/mol. The normalized spacial score (nSPS) is 14.7. The number of carbonyl (C=O) groups is 1. The lowest BCUT2D eigenvalue weighted by Gasteiger charge is -2.31. The minimum absolute atomic E-state index is 0.0218. The Morgan fingerprint density at radius 1 is 1.19 bits per heavy atom. The van der Waals surface area contributed by atoms with Crippen LogP contribution in [0.25, 0.3) is 0 Å². The number of anilines is 1. The molecule has 1 amide bonds. The van der Waals surface area contributed by atoms with Gasteiger partial charge < -0.3 is 14.6 Å². The van der Waals surface area contributed by atoms with Crippen LogP contribution in [0.1, 0.15) is 36.7 Å². The summed E-state index contributed by atoms with van der Waals surface area (Å²) in [6, 6.07) is 12.0. The number of piperidine rings is 1. The minimum Gasteiger partial charge on any atom is -0.467 e. The Hall–Kier alpha value is -2.74. The van der Waals surface area contributed by atoms with E-state index in [1.807, 2.05) is 24.3 Å². The van der Waals surface area contributed by atoms with Gasteiger partial charge in [-0.15, -0.1) is 10.2 Å². The molecular weight excluding hydrogens is 410 g/mol. The molecule has 3 heterocycles. The van der Waals surface area contributed by atoms with E-state index in [9.17, 15) is 4.79 Å². The van der Waals surface area contributed by atoms with Gasteiger partial charge in [0, 0.05) is 19.6 Å². The van der Waals surface area contributed by atoms with Gasteiger partial charge in [-0.3, -0.25) is 9.36 Å². The SMILES string of the molecule is Cc1ccc(CNC(=O)CSc2nnc(N3CCC(C)CC3)n2Cc2ccco2)cc1. The fraction of sp³-hybridized carbons (Fsp3) is 0.435. The number of thioether (sulfide) groups is 1. The van der Waals surface area contributed by atoms with Gasteiger partial charge in [-0.2, -0.15) is 0 Å². The number of nitrogens with zero attached hydrogens (tertiary/aromatic N) is 4. The van der Waals surface area contributed by atoms with Crippen LogP contribution in [0.15, 0.2) is 52.2 Å². The molecule has 164 valence electrons. The third-order valence-electron chi connectivity index (χ3n) is 5.60. The Kier molecular flexibility index (Phi) is 6.96. The molecule has 0 atom stereocenters. The van der Waals surface area contributed by atoms with Crippen LogP contribution in [0.4, 0.5) is 5.95 Å². The minimum atomic E-state index is -0.0218. The molecule has 0 unspecified atom stereocenters. The first-order valence-electron chi connectivity index (χ1n) is 10.7. The maximum absolute atomic E-state index is 12.4. The van der Waals surface area contributed by atoms with E-state index in [2.05, 4.69) is 51.0 Å². The van der Waals surface area contributed by atoms with E-state index in [4.69, 9.17) is 4.42 Å². The van der Waals surface area contributed by atoms with E-state index in [0.717, 1.165) is 54.3 Å². The number of hydrogen-bond acceptors (Lipinski definition) is 6. The van der Waals surface area contributed by atoms with Crippen molar-refractivity contribution in [1.29, 1.82) is 0 Å². The van der Waals surface area contributed by atoms with Gasteiger partial charge in [-0.05, 0) is 43.4 Å². The van der Waals surface area contributed by atoms with E-state index in [1.54, 1.807) is 6.26 Å². The van der Waals surface area contributed by atoms with Crippen molar-refractivity contribution in [3.05, 3.63) is 59.5 Å². The standard InChI is InChI=1S/C23H29N5O2S/c1-17-5-7-19(8-6-17)14-24-21(29)16-31-23-26-25-22(27-11-9-18(2)10-12-27)28(23)15-20-4-3-13-30-20/h3-8,13,18H,9-12,14-16H2,1-2H3,(H,24,29). The van der Waals surface area contributed by atoms with E-state index in [1.165, 1.54) is 17.3 Å². The molecule has 0 aliphatic carbocycles. The average Bonchev–Trinajstić information content (AvgIpc) is 3.43. The highest BCUT2D eigenvalue weighted by molar-refractivity contribution is 7.99. The van der Waals surface area contributed by atoms with Crippen molar-refractivity contribution in [2.45, 2.75) is 44.9 Å². The van der Waals surface area contributed by atoms with Gasteiger partial charge in [0.05, 0.1) is 18.6 Å². The first-order chi connectivity index (χ1) is 15.1. The molecule has 1 fully saturated rings. The van der Waals surface area contributed by atoms with Crippen molar-refractivity contribution < 1.29 is 9.21 Å². The van der Waals surface area contributed by atoms with Gasteiger partial charge in [0.2, 0.25) is 11.9 Å². The number of rotatable bonds is 8. The van der Waals surface area contributed by atoms with Gasteiger partial charge >= 0.3 is 0 Å². The molecule has 8 heteroatoms. The number of aromatic nitrogens is 3. The maximum Gasteiger partial charge on any atom is 0.230 e. The Morgan fingerprint density at radius 3 is 2.68 bits per heavy atom. The number of furan rings is 1. The first kappa shape index (κ1) is 21.5. The summed E-state index contributed by atoms with van der Waals surface area (Å²) >= 11 is 1.41. The molecule has 7 nitrogen and oxygen atoms in total. The predicted molar refractivity (Wildman–Crippen MR) is 122 cm³/mol. The van der Waals surface area contributed by atoms with Crippen molar-refractivity contribution in [3.63, 3.8) is 0 Å². The van der Waals surface area contributed by atoms with Gasteiger partial charge in [0.1, 0.15) is 5.76 Å². The average molecular weight is 440 g/mol. The second-order valence-corrected chi connectivity index (χ2v) is 9.11. The zero-order valence-electron chi connectivity index (χ0n) is 18.1. The molecule has 4 rings (SSSR count). The summed E-state index contributed by atoms with van der Waals surface area (Å²) in [5.41, 5.74) is 2.30. The third-order valence-corrected chi connectivity index (χ3v) is 6.57. The van der Waals surface area contributed by atoms with Crippen LogP contribution in [-0.2, 0) is 17.9 Å². The fourth-order valence-corrected chi connectivity index (χ4v) is 4.38. The number of benzene rings is 1. The summed E-state index contributed by atoms with van der Waals surface area (Å²) in [6.45, 7) is 7.36. The number of nitrogens with one attached hydrogen (secondary N) is 1. The quantitative estimate of drug-likeness (QED) is 0.537. The highest BCUT2D eigenvalue weighted by Crippen LogP contribution is 2.27. The van der Waals surface area contributed by atoms with Gasteiger partial charge in [-0.25, -0.2) is 0 Å². The van der Waals surface area contributed by atoms with Crippen molar-refractivity contribution >= 4 is 23.6 Å². The Morgan fingerprint density at radius 2 is 1.97 bits per heavy atom. The van der Waals surface area contributed by atoms with E-state index < -0.39 is 0 Å². The summed E-state index contributed by atoms with van der Waals surface area (Å²) in [4.78, 5) is 14.7. The Labute approximate surface area is 187 Å². The number of aryl methyl sites for hydroxylation is 1. The van der Waals surface area contributed by atoms with Crippen LogP contribution in [0.3, 0.4) is 0 Å². The topological polar surface area (TPSA) is 76.2 Å².